The van der Waals surface area contributed by atoms with E-state index < -0.39 is 0 Å². The van der Waals surface area contributed by atoms with Crippen molar-refractivity contribution in [1.29, 1.82) is 0 Å². The van der Waals surface area contributed by atoms with Crippen molar-refractivity contribution in [1.82, 2.24) is 0 Å². The van der Waals surface area contributed by atoms with Gasteiger partial charge in [-0.2, -0.15) is 12.6 Å². The van der Waals surface area contributed by atoms with E-state index in [2.05, 4.69) is 18.0 Å². The first-order valence-corrected chi connectivity index (χ1v) is 4.64. The van der Waals surface area contributed by atoms with Gasteiger partial charge >= 0.3 is 0 Å². The van der Waals surface area contributed by atoms with Crippen molar-refractivity contribution in [2.24, 2.45) is 0 Å². The van der Waals surface area contributed by atoms with E-state index in [1.54, 1.807) is 0 Å². The first-order valence-electron chi connectivity index (χ1n) is 1.98. The molecule has 0 fully saturated rings. The zero-order valence-electron chi connectivity index (χ0n) is 3.76. The van der Waals surface area contributed by atoms with E-state index >= 15 is 0 Å². The van der Waals surface area contributed by atoms with Crippen molar-refractivity contribution in [3.63, 3.8) is 0 Å². The summed E-state index contributed by atoms with van der Waals surface area (Å²) < 4.78 is 0. The van der Waals surface area contributed by atoms with E-state index in [1.165, 1.54) is 9.99 Å². The van der Waals surface area contributed by atoms with Gasteiger partial charge in [-0.05, 0) is 5.41 Å². The van der Waals surface area contributed by atoms with Crippen LogP contribution < -0.4 is 0 Å². The second-order valence-electron chi connectivity index (χ2n) is 1.17. The highest BCUT2D eigenvalue weighted by Gasteiger charge is 2.00. The van der Waals surface area contributed by atoms with Crippen molar-refractivity contribution >= 4 is 36.2 Å². The smallest absolute Gasteiger partial charge is 0.0478 e. The van der Waals surface area contributed by atoms with E-state index in [4.69, 9.17) is 0 Å². The van der Waals surface area contributed by atoms with Crippen LogP contribution in [0.3, 0.4) is 0 Å². The summed E-state index contributed by atoms with van der Waals surface area (Å²) >= 11 is 7.86. The highest BCUT2D eigenvalue weighted by atomic mass is 32.2. The van der Waals surface area contributed by atoms with Gasteiger partial charge in [0.1, 0.15) is 0 Å². The maximum absolute atomic E-state index is 4.11. The van der Waals surface area contributed by atoms with Gasteiger partial charge in [0.15, 0.2) is 0 Å². The first kappa shape index (κ1) is 5.92. The summed E-state index contributed by atoms with van der Waals surface area (Å²) in [6.45, 7) is 0. The maximum Gasteiger partial charge on any atom is 0.0478 e. The summed E-state index contributed by atoms with van der Waals surface area (Å²) in [6.07, 6.45) is 0. The molecule has 0 atom stereocenters. The van der Waals surface area contributed by atoms with Crippen LogP contribution >= 0.6 is 36.2 Å². The van der Waals surface area contributed by atoms with Crippen molar-refractivity contribution in [2.45, 2.75) is 0 Å². The van der Waals surface area contributed by atoms with Crippen molar-refractivity contribution in [2.75, 3.05) is 10.8 Å². The van der Waals surface area contributed by atoms with Gasteiger partial charge in [-0.3, -0.25) is 0 Å². The Balaban J connectivity index is 2.36. The zero-order valence-corrected chi connectivity index (χ0v) is 6.28. The molecular weight excluding hydrogens is 144 g/mol. The molecule has 40 valence electrons. The normalized spacial score (nSPS) is 19.9. The Morgan fingerprint density at radius 2 is 2.71 bits per heavy atom. The van der Waals surface area contributed by atoms with E-state index in [9.17, 15) is 0 Å². The van der Waals surface area contributed by atoms with Gasteiger partial charge in [0.25, 0.3) is 0 Å². The number of rotatable bonds is 1. The molecule has 0 bridgehead atoms. The molecule has 3 heteroatoms. The molecule has 0 N–H and O–H groups in total. The molecule has 0 spiro atoms. The summed E-state index contributed by atoms with van der Waals surface area (Å²) in [5.41, 5.74) is 0. The molecule has 0 aromatic carbocycles. The Kier molecular flexibility index (Phi) is 2.49. The molecule has 1 aliphatic rings. The Labute approximate surface area is 57.5 Å². The van der Waals surface area contributed by atoms with Crippen LogP contribution in [0.25, 0.3) is 0 Å². The third-order valence-electron chi connectivity index (χ3n) is 0.683. The van der Waals surface area contributed by atoms with E-state index in [-0.39, 0.29) is 0 Å². The molecule has 0 aliphatic carbocycles. The SMILES string of the molecule is SCC1=CSCS1. The largest absolute Gasteiger partial charge is 0.174 e. The van der Waals surface area contributed by atoms with Gasteiger partial charge in [0.2, 0.25) is 0 Å². The van der Waals surface area contributed by atoms with Crippen molar-refractivity contribution < 1.29 is 0 Å². The Morgan fingerprint density at radius 1 is 1.86 bits per heavy atom. The third kappa shape index (κ3) is 1.63. The molecule has 0 radical (unpaired) electrons. The van der Waals surface area contributed by atoms with Crippen molar-refractivity contribution in [3.8, 4) is 0 Å². The van der Waals surface area contributed by atoms with Crippen molar-refractivity contribution in [3.05, 3.63) is 10.3 Å². The predicted molar refractivity (Wildman–Crippen MR) is 42.0 cm³/mol. The molecule has 1 heterocycles. The number of hydrogen-bond donors (Lipinski definition) is 1. The second-order valence-corrected chi connectivity index (χ2v) is 3.81. The van der Waals surface area contributed by atoms with Gasteiger partial charge in [-0.25, -0.2) is 0 Å². The van der Waals surface area contributed by atoms with Gasteiger partial charge < -0.3 is 0 Å². The first-order chi connectivity index (χ1) is 3.43. The summed E-state index contributed by atoms with van der Waals surface area (Å²) in [7, 11) is 0. The van der Waals surface area contributed by atoms with E-state index in [0.717, 1.165) is 5.75 Å². The lowest BCUT2D eigenvalue weighted by Crippen LogP contribution is -1.68. The predicted octanol–water partition coefficient (Wildman–Crippen LogP) is 2.20. The third-order valence-corrected chi connectivity index (χ3v) is 3.49. The van der Waals surface area contributed by atoms with Crippen LogP contribution in [0, 0.1) is 0 Å². The average molecular weight is 150 g/mol. The quantitative estimate of drug-likeness (QED) is 0.569. The molecule has 0 aromatic rings. The van der Waals surface area contributed by atoms with Crippen LogP contribution in [0.1, 0.15) is 0 Å². The molecule has 1 rings (SSSR count). The Morgan fingerprint density at radius 3 is 3.00 bits per heavy atom. The molecule has 0 saturated carbocycles. The molecule has 0 nitrogen and oxygen atoms in total. The van der Waals surface area contributed by atoms with Crippen LogP contribution in [0.15, 0.2) is 10.3 Å². The highest BCUT2D eigenvalue weighted by Crippen LogP contribution is 2.31. The lowest BCUT2D eigenvalue weighted by atomic mass is 10.7. The summed E-state index contributed by atoms with van der Waals surface area (Å²) in [4.78, 5) is 1.41. The fourth-order valence-electron chi connectivity index (χ4n) is 0.354. The number of thioether (sulfide) groups is 2. The second kappa shape index (κ2) is 2.95. The minimum atomic E-state index is 0.914. The fraction of sp³-hybridized carbons (Fsp3) is 0.500. The number of thiol groups is 1. The summed E-state index contributed by atoms with van der Waals surface area (Å²) in [5, 5.41) is 3.37. The van der Waals surface area contributed by atoms with Crippen LogP contribution in [0.5, 0.6) is 0 Å². The summed E-state index contributed by atoms with van der Waals surface area (Å²) in [6, 6.07) is 0. The van der Waals surface area contributed by atoms with Gasteiger partial charge in [0, 0.05) is 15.7 Å². The van der Waals surface area contributed by atoms with Crippen LogP contribution in [0.4, 0.5) is 0 Å². The lowest BCUT2D eigenvalue weighted by Gasteiger charge is -1.86. The Bertz CT molecular complexity index is 86.9. The minimum Gasteiger partial charge on any atom is -0.174 e. The molecule has 0 amide bonds. The Hall–Kier alpha value is 0.790. The van der Waals surface area contributed by atoms with Gasteiger partial charge in [0.05, 0.1) is 0 Å². The fourth-order valence-corrected chi connectivity index (χ4v) is 2.83. The average Bonchev–Trinajstić information content (AvgIpc) is 2.14. The topological polar surface area (TPSA) is 0 Å². The van der Waals surface area contributed by atoms with E-state index in [1.807, 2.05) is 23.5 Å². The maximum atomic E-state index is 4.11. The van der Waals surface area contributed by atoms with Gasteiger partial charge in [-0.1, -0.05) is 0 Å². The van der Waals surface area contributed by atoms with Crippen LogP contribution in [-0.4, -0.2) is 10.8 Å². The molecule has 7 heavy (non-hydrogen) atoms. The van der Waals surface area contributed by atoms with Crippen LogP contribution in [-0.2, 0) is 0 Å². The summed E-state index contributed by atoms with van der Waals surface area (Å²) in [5.74, 6) is 0.914. The molecule has 0 aromatic heterocycles. The van der Waals surface area contributed by atoms with E-state index in [0.29, 0.717) is 0 Å². The van der Waals surface area contributed by atoms with Gasteiger partial charge in [-0.15, -0.1) is 23.5 Å². The zero-order chi connectivity index (χ0) is 5.11. The number of hydrogen-bond acceptors (Lipinski definition) is 3. The molecular formula is C4H6S3. The molecule has 0 saturated heterocycles. The lowest BCUT2D eigenvalue weighted by molar-refractivity contribution is 1.77. The molecule has 1 aliphatic heterocycles. The standard InChI is InChI=1S/C4H6S3/c5-1-4-2-6-3-7-4/h2,5H,1,3H2. The minimum absolute atomic E-state index is 0.914. The van der Waals surface area contributed by atoms with Crippen LogP contribution in [0.2, 0.25) is 0 Å². The molecule has 0 unspecified atom stereocenters. The monoisotopic (exact) mass is 150 g/mol. The highest BCUT2D eigenvalue weighted by molar-refractivity contribution is 8.22.